The molecule has 0 aromatic heterocycles. The molecule has 0 bridgehead atoms. The van der Waals surface area contributed by atoms with E-state index in [1.807, 2.05) is 6.07 Å². The molecule has 2 aliphatic carbocycles. The molecule has 5 aliphatic heterocycles. The number of fused-ring (bicyclic) bond motifs is 3. The van der Waals surface area contributed by atoms with E-state index in [9.17, 15) is 10.1 Å². The van der Waals surface area contributed by atoms with Gasteiger partial charge >= 0.3 is 0 Å². The second kappa shape index (κ2) is 17.3. The lowest BCUT2D eigenvalue weighted by Gasteiger charge is -2.45. The summed E-state index contributed by atoms with van der Waals surface area (Å²) in [5.41, 5.74) is 19.0. The third-order valence-corrected chi connectivity index (χ3v) is 17.0. The first kappa shape index (κ1) is 41.1. The quantitative estimate of drug-likeness (QED) is 0.215. The number of nitriles is 1. The first-order chi connectivity index (χ1) is 28.6. The van der Waals surface area contributed by atoms with Crippen molar-refractivity contribution in [2.24, 2.45) is 22.2 Å². The number of methoxy groups -OCH3 is 1. The fourth-order valence-corrected chi connectivity index (χ4v) is 13.4. The average molecular weight is 824 g/mol. The molecule has 9 unspecified atom stereocenters. The number of amides is 1. The molecule has 7 aliphatic rings. The van der Waals surface area contributed by atoms with Crippen LogP contribution in [0.3, 0.4) is 0 Å². The minimum absolute atomic E-state index is 0.0868. The number of hydrogen-bond donors (Lipinski definition) is 5. The van der Waals surface area contributed by atoms with Gasteiger partial charge in [0.05, 0.1) is 48.7 Å². The molecule has 12 nitrogen and oxygen atoms in total. The molecule has 2 aromatic carbocycles. The van der Waals surface area contributed by atoms with Crippen molar-refractivity contribution in [3.8, 4) is 17.6 Å². The van der Waals surface area contributed by atoms with Crippen LogP contribution in [0.1, 0.15) is 121 Å². The van der Waals surface area contributed by atoms with Crippen LogP contribution in [0.25, 0.3) is 0 Å². The Hall–Kier alpha value is -3.22. The molecule has 5 N–H and O–H groups in total. The number of hydrogen-bond acceptors (Lipinski definition) is 12. The number of nitrogens with zero attached hydrogens (tertiary/aromatic N) is 4. The number of benzene rings is 2. The van der Waals surface area contributed by atoms with Crippen LogP contribution in [0, 0.1) is 28.6 Å². The molecule has 5 heterocycles. The molecule has 318 valence electrons. The predicted molar refractivity (Wildman–Crippen MR) is 233 cm³/mol. The summed E-state index contributed by atoms with van der Waals surface area (Å²) in [6.45, 7) is 11.6. The summed E-state index contributed by atoms with van der Waals surface area (Å²) in [6, 6.07) is 17.3. The smallest absolute Gasteiger partial charge is 0.238 e. The number of nitrogens with one attached hydrogen (secondary N) is 5. The standard InChI is InChI=1S/C46H65N9O3S/c1-27-29(3)59-45-41(27)42(48-28(2)43-53-50-30(4)55(43)45)32-8-6-31(7-9-32)33-18-19-46(25-33)20-22-54(23-21-46)40-17-16-38(51-52-40)44(56)49-35-11-14-36(15-12-35)58-37-13-10-34(26-47)39(24-37)57-5/h6-10,13,24,27-30,33,35-36,38,40-41,43,45,50-53H,11-12,14-23,25H2,1-5H3,(H,49,56)/t27?,28-,29?,30?,33?,35?,36?,38?,40?,41?,43?,45?/m0/s1. The highest BCUT2D eigenvalue weighted by Gasteiger charge is 2.52. The number of ether oxygens (including phenoxy) is 2. The largest absolute Gasteiger partial charge is 0.495 e. The second-order valence-electron chi connectivity index (χ2n) is 18.8. The molecule has 10 atom stereocenters. The zero-order chi connectivity index (χ0) is 40.8. The SMILES string of the molecule is COc1cc(OC2CCC(NC(=O)C3CCC(N4CCC5(CCC(c6ccc(C7=N[C@@H](C)C8NNC(C)N8C8SC(C)C(C)C78)cc6)C5)CC4)NN3)CC2)ccc1C#N. The van der Waals surface area contributed by atoms with Gasteiger partial charge in [0.15, 0.2) is 0 Å². The Kier molecular flexibility index (Phi) is 12.0. The normalized spacial score (nSPS) is 37.2. The monoisotopic (exact) mass is 823 g/mol. The summed E-state index contributed by atoms with van der Waals surface area (Å²) in [5.74, 6) is 2.95. The lowest BCUT2D eigenvalue weighted by molar-refractivity contribution is -0.125. The fourth-order valence-electron chi connectivity index (χ4n) is 11.6. The highest BCUT2D eigenvalue weighted by molar-refractivity contribution is 8.00. The maximum atomic E-state index is 13.3. The van der Waals surface area contributed by atoms with Gasteiger partial charge in [0, 0.05) is 42.1 Å². The number of rotatable bonds is 8. The zero-order valence-electron chi connectivity index (χ0n) is 35.6. The van der Waals surface area contributed by atoms with Gasteiger partial charge in [-0.1, -0.05) is 38.1 Å². The molecule has 1 spiro atoms. The maximum absolute atomic E-state index is 13.3. The van der Waals surface area contributed by atoms with Gasteiger partial charge in [-0.3, -0.25) is 19.6 Å². The number of hydrazine groups is 2. The Morgan fingerprint density at radius 1 is 0.932 bits per heavy atom. The summed E-state index contributed by atoms with van der Waals surface area (Å²) in [5, 5.41) is 13.6. The van der Waals surface area contributed by atoms with Crippen molar-refractivity contribution in [1.82, 2.24) is 36.8 Å². The van der Waals surface area contributed by atoms with Gasteiger partial charge in [0.2, 0.25) is 5.91 Å². The molecule has 0 radical (unpaired) electrons. The molecule has 4 saturated heterocycles. The summed E-state index contributed by atoms with van der Waals surface area (Å²) >= 11 is 2.13. The number of likely N-dealkylation sites (tertiary alicyclic amines) is 1. The van der Waals surface area contributed by atoms with Crippen molar-refractivity contribution < 1.29 is 14.3 Å². The Labute approximate surface area is 355 Å². The van der Waals surface area contributed by atoms with E-state index in [4.69, 9.17) is 14.5 Å². The highest BCUT2D eigenvalue weighted by Crippen LogP contribution is 2.53. The molecule has 2 aromatic rings. The van der Waals surface area contributed by atoms with Crippen LogP contribution in [-0.2, 0) is 4.79 Å². The van der Waals surface area contributed by atoms with E-state index < -0.39 is 0 Å². The van der Waals surface area contributed by atoms with E-state index in [0.29, 0.717) is 57.0 Å². The van der Waals surface area contributed by atoms with Crippen LogP contribution < -0.4 is 36.5 Å². The topological polar surface area (TPSA) is 138 Å². The predicted octanol–water partition coefficient (Wildman–Crippen LogP) is 5.99. The third kappa shape index (κ3) is 8.28. The number of aliphatic imine (C=N–C) groups is 1. The first-order valence-corrected chi connectivity index (χ1v) is 23.5. The van der Waals surface area contributed by atoms with Crippen molar-refractivity contribution in [1.29, 1.82) is 5.26 Å². The van der Waals surface area contributed by atoms with Gasteiger partial charge < -0.3 is 14.8 Å². The van der Waals surface area contributed by atoms with Crippen LogP contribution in [0.15, 0.2) is 47.5 Å². The molecule has 13 heteroatoms. The van der Waals surface area contributed by atoms with Crippen molar-refractivity contribution in [2.75, 3.05) is 20.2 Å². The van der Waals surface area contributed by atoms with E-state index >= 15 is 0 Å². The minimum Gasteiger partial charge on any atom is -0.495 e. The van der Waals surface area contributed by atoms with Crippen molar-refractivity contribution in [3.63, 3.8) is 0 Å². The minimum atomic E-state index is -0.219. The molecule has 2 saturated carbocycles. The van der Waals surface area contributed by atoms with E-state index in [2.05, 4.69) is 107 Å². The van der Waals surface area contributed by atoms with Crippen molar-refractivity contribution in [2.45, 2.75) is 158 Å². The molecule has 1 amide bonds. The molecule has 59 heavy (non-hydrogen) atoms. The summed E-state index contributed by atoms with van der Waals surface area (Å²) in [7, 11) is 1.56. The molecular formula is C46H65N9O3S. The van der Waals surface area contributed by atoms with Crippen LogP contribution in [-0.4, -0.2) is 95.0 Å². The van der Waals surface area contributed by atoms with E-state index in [-0.39, 0.29) is 42.5 Å². The van der Waals surface area contributed by atoms with Gasteiger partial charge in [-0.2, -0.15) is 5.26 Å². The van der Waals surface area contributed by atoms with Crippen molar-refractivity contribution in [3.05, 3.63) is 59.2 Å². The fraction of sp³-hybridized carbons (Fsp3) is 0.674. The molecular weight excluding hydrogens is 759 g/mol. The lowest BCUT2D eigenvalue weighted by atomic mass is 9.75. The Morgan fingerprint density at radius 2 is 1.71 bits per heavy atom. The number of carbonyl (C=O) groups excluding carboxylic acids is 1. The van der Waals surface area contributed by atoms with Gasteiger partial charge in [-0.05, 0) is 125 Å². The Balaban J connectivity index is 0.723. The van der Waals surface area contributed by atoms with E-state index in [1.165, 1.54) is 48.9 Å². The number of thioether (sulfide) groups is 1. The summed E-state index contributed by atoms with van der Waals surface area (Å²) < 4.78 is 11.5. The van der Waals surface area contributed by atoms with Gasteiger partial charge in [0.25, 0.3) is 0 Å². The van der Waals surface area contributed by atoms with Crippen LogP contribution >= 0.6 is 11.8 Å². The van der Waals surface area contributed by atoms with Crippen LogP contribution in [0.4, 0.5) is 0 Å². The van der Waals surface area contributed by atoms with Crippen molar-refractivity contribution >= 4 is 23.4 Å². The average Bonchev–Trinajstić information content (AvgIpc) is 3.92. The highest BCUT2D eigenvalue weighted by atomic mass is 32.2. The van der Waals surface area contributed by atoms with Gasteiger partial charge in [-0.15, -0.1) is 11.8 Å². The number of carbonyl (C=O) groups is 1. The molecule has 9 rings (SSSR count). The number of piperidine rings is 1. The first-order valence-electron chi connectivity index (χ1n) is 22.5. The molecule has 6 fully saturated rings. The van der Waals surface area contributed by atoms with Crippen LogP contribution in [0.2, 0.25) is 0 Å². The third-order valence-electron chi connectivity index (χ3n) is 15.4. The lowest BCUT2D eigenvalue weighted by Crippen LogP contribution is -2.63. The van der Waals surface area contributed by atoms with Gasteiger partial charge in [-0.25, -0.2) is 21.7 Å². The van der Waals surface area contributed by atoms with E-state index in [0.717, 1.165) is 51.6 Å². The summed E-state index contributed by atoms with van der Waals surface area (Å²) in [4.78, 5) is 24.0. The second-order valence-corrected chi connectivity index (χ2v) is 20.3. The van der Waals surface area contributed by atoms with Crippen LogP contribution in [0.5, 0.6) is 11.5 Å². The van der Waals surface area contributed by atoms with E-state index in [1.54, 1.807) is 19.2 Å². The summed E-state index contributed by atoms with van der Waals surface area (Å²) in [6.07, 6.45) is 12.6. The zero-order valence-corrected chi connectivity index (χ0v) is 36.4. The Morgan fingerprint density at radius 3 is 2.42 bits per heavy atom. The maximum Gasteiger partial charge on any atom is 0.238 e. The Bertz CT molecular complexity index is 1880. The van der Waals surface area contributed by atoms with Gasteiger partial charge in [0.1, 0.15) is 23.6 Å².